The average Bonchev–Trinajstić information content (AvgIpc) is 3.29. The lowest BCUT2D eigenvalue weighted by Crippen LogP contribution is -2.08. The number of ether oxygens (including phenoxy) is 3. The highest BCUT2D eigenvalue weighted by Crippen LogP contribution is 2.38. The van der Waals surface area contributed by atoms with Crippen LogP contribution in [0.3, 0.4) is 0 Å². The lowest BCUT2D eigenvalue weighted by Gasteiger charge is -2.13. The first kappa shape index (κ1) is 20.3. The smallest absolute Gasteiger partial charge is 0.337 e. The van der Waals surface area contributed by atoms with Gasteiger partial charge in [0.05, 0.1) is 18.2 Å². The molecule has 0 saturated carbocycles. The van der Waals surface area contributed by atoms with Gasteiger partial charge in [0.15, 0.2) is 17.3 Å². The summed E-state index contributed by atoms with van der Waals surface area (Å²) in [7, 11) is 1.35. The van der Waals surface area contributed by atoms with Crippen LogP contribution in [-0.4, -0.2) is 30.2 Å². The van der Waals surface area contributed by atoms with Crippen LogP contribution in [-0.2, 0) is 17.7 Å². The number of aromatic nitrogens is 1. The summed E-state index contributed by atoms with van der Waals surface area (Å²) in [6.07, 6.45) is 1.59. The van der Waals surface area contributed by atoms with E-state index in [0.29, 0.717) is 34.2 Å². The third kappa shape index (κ3) is 3.41. The molecule has 0 unspecified atom stereocenters. The Kier molecular flexibility index (Phi) is 5.43. The standard InChI is InChI=1S/C23H22ClNO5/c1-4-5-18-22(13(2)26)16-7-6-14(23(27)28-3)8-19(16)25(18)11-15-9-20-21(10-17(15)24)30-12-29-20/h6-10H,4-5,11-12H2,1-3H3. The van der Waals surface area contributed by atoms with Crippen molar-refractivity contribution in [3.63, 3.8) is 0 Å². The van der Waals surface area contributed by atoms with Crippen LogP contribution >= 0.6 is 11.6 Å². The van der Waals surface area contributed by atoms with Crippen molar-refractivity contribution in [3.8, 4) is 11.5 Å². The van der Waals surface area contributed by atoms with E-state index in [2.05, 4.69) is 11.5 Å². The number of Topliss-reactive ketones (excluding diaryl/α,β-unsaturated/α-hetero) is 1. The number of benzene rings is 2. The van der Waals surface area contributed by atoms with Crippen molar-refractivity contribution in [3.05, 3.63) is 57.7 Å². The Bertz CT molecular complexity index is 1160. The van der Waals surface area contributed by atoms with Crippen molar-refractivity contribution in [1.82, 2.24) is 4.57 Å². The third-order valence-corrected chi connectivity index (χ3v) is 5.65. The zero-order valence-corrected chi connectivity index (χ0v) is 17.8. The summed E-state index contributed by atoms with van der Waals surface area (Å²) in [4.78, 5) is 24.7. The lowest BCUT2D eigenvalue weighted by atomic mass is 10.0. The van der Waals surface area contributed by atoms with Gasteiger partial charge in [0, 0.05) is 34.3 Å². The fourth-order valence-corrected chi connectivity index (χ4v) is 4.18. The minimum absolute atomic E-state index is 0.00944. The predicted molar refractivity (Wildman–Crippen MR) is 114 cm³/mol. The summed E-state index contributed by atoms with van der Waals surface area (Å²) in [6.45, 7) is 4.23. The summed E-state index contributed by atoms with van der Waals surface area (Å²) in [5, 5.41) is 1.37. The van der Waals surface area contributed by atoms with Crippen LogP contribution in [0.5, 0.6) is 11.5 Å². The minimum Gasteiger partial charge on any atom is -0.465 e. The first-order valence-corrected chi connectivity index (χ1v) is 10.1. The molecule has 0 saturated heterocycles. The van der Waals surface area contributed by atoms with E-state index in [1.807, 2.05) is 12.1 Å². The summed E-state index contributed by atoms with van der Waals surface area (Å²) >= 11 is 6.52. The van der Waals surface area contributed by atoms with Crippen molar-refractivity contribution in [1.29, 1.82) is 0 Å². The number of ketones is 1. The van der Waals surface area contributed by atoms with Gasteiger partial charge in [0.1, 0.15) is 0 Å². The fraction of sp³-hybridized carbons (Fsp3) is 0.304. The number of esters is 1. The molecule has 0 bridgehead atoms. The van der Waals surface area contributed by atoms with Gasteiger partial charge in [-0.25, -0.2) is 4.79 Å². The van der Waals surface area contributed by atoms with E-state index < -0.39 is 5.97 Å². The van der Waals surface area contributed by atoms with Crippen LogP contribution in [0.15, 0.2) is 30.3 Å². The molecule has 2 heterocycles. The van der Waals surface area contributed by atoms with Gasteiger partial charge >= 0.3 is 5.97 Å². The Morgan fingerprint density at radius 3 is 2.57 bits per heavy atom. The monoisotopic (exact) mass is 427 g/mol. The first-order valence-electron chi connectivity index (χ1n) is 9.77. The van der Waals surface area contributed by atoms with Crippen molar-refractivity contribution in [2.45, 2.75) is 33.2 Å². The van der Waals surface area contributed by atoms with Crippen LogP contribution in [0.1, 0.15) is 52.2 Å². The Labute approximate surface area is 179 Å². The summed E-state index contributed by atoms with van der Waals surface area (Å²) in [5.41, 5.74) is 3.67. The molecule has 1 aromatic heterocycles. The molecule has 3 aromatic rings. The zero-order valence-electron chi connectivity index (χ0n) is 17.1. The molecule has 0 spiro atoms. The maximum atomic E-state index is 12.5. The molecule has 1 aliphatic heterocycles. The highest BCUT2D eigenvalue weighted by Gasteiger charge is 2.23. The zero-order chi connectivity index (χ0) is 21.4. The number of halogens is 1. The molecule has 7 heteroatoms. The van der Waals surface area contributed by atoms with Crippen LogP contribution in [0.4, 0.5) is 0 Å². The molecule has 1 aliphatic rings. The molecule has 4 rings (SSSR count). The van der Waals surface area contributed by atoms with Crippen molar-refractivity contribution < 1.29 is 23.8 Å². The van der Waals surface area contributed by atoms with Gasteiger partial charge in [-0.05, 0) is 37.1 Å². The second kappa shape index (κ2) is 8.03. The Hall–Kier alpha value is -2.99. The summed E-state index contributed by atoms with van der Waals surface area (Å²) in [6, 6.07) is 8.89. The number of nitrogens with zero attached hydrogens (tertiary/aromatic N) is 1. The summed E-state index contributed by atoms with van der Waals surface area (Å²) < 4.78 is 17.8. The largest absolute Gasteiger partial charge is 0.465 e. The van der Waals surface area contributed by atoms with Crippen LogP contribution in [0, 0.1) is 0 Å². The molecule has 0 aliphatic carbocycles. The maximum Gasteiger partial charge on any atom is 0.337 e. The van der Waals surface area contributed by atoms with Crippen molar-refractivity contribution in [2.24, 2.45) is 0 Å². The van der Waals surface area contributed by atoms with Gasteiger partial charge in [-0.3, -0.25) is 4.79 Å². The number of carbonyl (C=O) groups excluding carboxylic acids is 2. The molecular formula is C23H22ClNO5. The van der Waals surface area contributed by atoms with Crippen LogP contribution in [0.2, 0.25) is 5.02 Å². The number of fused-ring (bicyclic) bond motifs is 2. The molecular weight excluding hydrogens is 406 g/mol. The van der Waals surface area contributed by atoms with Gasteiger partial charge in [-0.1, -0.05) is 31.0 Å². The van der Waals surface area contributed by atoms with Crippen LogP contribution < -0.4 is 9.47 Å². The molecule has 0 atom stereocenters. The highest BCUT2D eigenvalue weighted by molar-refractivity contribution is 6.31. The first-order chi connectivity index (χ1) is 14.4. The quantitative estimate of drug-likeness (QED) is 0.408. The molecule has 0 radical (unpaired) electrons. The topological polar surface area (TPSA) is 66.8 Å². The molecule has 30 heavy (non-hydrogen) atoms. The SMILES string of the molecule is CCCc1c(C(C)=O)c2ccc(C(=O)OC)cc2n1Cc1cc2c(cc1Cl)OCO2. The van der Waals surface area contributed by atoms with Gasteiger partial charge in [0.2, 0.25) is 6.79 Å². The maximum absolute atomic E-state index is 12.5. The fourth-order valence-electron chi connectivity index (χ4n) is 3.97. The van der Waals surface area contributed by atoms with E-state index in [-0.39, 0.29) is 12.6 Å². The van der Waals surface area contributed by atoms with E-state index in [0.717, 1.165) is 35.0 Å². The Balaban J connectivity index is 1.93. The van der Waals surface area contributed by atoms with E-state index in [9.17, 15) is 9.59 Å². The Morgan fingerprint density at radius 1 is 1.17 bits per heavy atom. The van der Waals surface area contributed by atoms with Gasteiger partial charge in [0.25, 0.3) is 0 Å². The van der Waals surface area contributed by atoms with Crippen molar-refractivity contribution in [2.75, 3.05) is 13.9 Å². The molecule has 156 valence electrons. The molecule has 0 fully saturated rings. The molecule has 0 amide bonds. The Morgan fingerprint density at radius 2 is 1.90 bits per heavy atom. The second-order valence-electron chi connectivity index (χ2n) is 7.23. The number of carbonyl (C=O) groups is 2. The van der Waals surface area contributed by atoms with Crippen molar-refractivity contribution >= 4 is 34.3 Å². The normalized spacial score (nSPS) is 12.4. The number of hydrogen-bond donors (Lipinski definition) is 0. The average molecular weight is 428 g/mol. The minimum atomic E-state index is -0.424. The number of hydrogen-bond acceptors (Lipinski definition) is 5. The third-order valence-electron chi connectivity index (χ3n) is 5.30. The summed E-state index contributed by atoms with van der Waals surface area (Å²) in [5.74, 6) is 0.828. The lowest BCUT2D eigenvalue weighted by molar-refractivity contribution is 0.0600. The van der Waals surface area contributed by atoms with E-state index in [4.69, 9.17) is 25.8 Å². The van der Waals surface area contributed by atoms with E-state index in [1.54, 1.807) is 25.1 Å². The number of methoxy groups -OCH3 is 1. The number of rotatable bonds is 6. The molecule has 6 nitrogen and oxygen atoms in total. The van der Waals surface area contributed by atoms with Gasteiger partial charge in [-0.2, -0.15) is 0 Å². The van der Waals surface area contributed by atoms with Gasteiger partial charge < -0.3 is 18.8 Å². The van der Waals surface area contributed by atoms with E-state index >= 15 is 0 Å². The molecule has 0 N–H and O–H groups in total. The van der Waals surface area contributed by atoms with Gasteiger partial charge in [-0.15, -0.1) is 0 Å². The predicted octanol–water partition coefficient (Wildman–Crippen LogP) is 5.01. The molecule has 2 aromatic carbocycles. The highest BCUT2D eigenvalue weighted by atomic mass is 35.5. The van der Waals surface area contributed by atoms with E-state index in [1.165, 1.54) is 7.11 Å². The van der Waals surface area contributed by atoms with Crippen LogP contribution in [0.25, 0.3) is 10.9 Å². The second-order valence-corrected chi connectivity index (χ2v) is 7.64.